The van der Waals surface area contributed by atoms with Crippen molar-refractivity contribution in [3.05, 3.63) is 17.0 Å². The van der Waals surface area contributed by atoms with Crippen molar-refractivity contribution < 1.29 is 5.11 Å². The van der Waals surface area contributed by atoms with E-state index in [1.165, 1.54) is 6.33 Å². The van der Waals surface area contributed by atoms with Gasteiger partial charge in [-0.1, -0.05) is 0 Å². The van der Waals surface area contributed by atoms with Gasteiger partial charge in [0.25, 0.3) is 0 Å². The number of nitrogens with one attached hydrogen (secondary N) is 1. The number of nitrogens with zero attached hydrogens (tertiary/aromatic N) is 2. The van der Waals surface area contributed by atoms with Crippen LogP contribution in [0.2, 0.25) is 0 Å². The van der Waals surface area contributed by atoms with Crippen LogP contribution in [-0.2, 0) is 0 Å². The average molecular weight is 261 g/mol. The van der Waals surface area contributed by atoms with Crippen molar-refractivity contribution in [3.63, 3.8) is 0 Å². The number of anilines is 1. The second kappa shape index (κ2) is 5.23. The number of rotatable bonds is 4. The highest BCUT2D eigenvalue weighted by molar-refractivity contribution is 9.10. The van der Waals surface area contributed by atoms with Crippen molar-refractivity contribution in [3.8, 4) is 0 Å². The third kappa shape index (κ3) is 3.21. The van der Waals surface area contributed by atoms with Crippen molar-refractivity contribution in [1.82, 2.24) is 9.97 Å². The largest absolute Gasteiger partial charge is 0.392 e. The summed E-state index contributed by atoms with van der Waals surface area (Å²) in [5, 5.41) is 12.2. The molecule has 0 aromatic carbocycles. The van der Waals surface area contributed by atoms with E-state index < -0.39 is 6.10 Å². The summed E-state index contributed by atoms with van der Waals surface area (Å²) in [4.78, 5) is 7.83. The maximum atomic E-state index is 9.16. The Labute approximate surface area is 90.9 Å². The normalized spacial score (nSPS) is 14.9. The van der Waals surface area contributed by atoms with Gasteiger partial charge in [-0.25, -0.2) is 9.97 Å². The van der Waals surface area contributed by atoms with Crippen LogP contribution in [0.4, 0.5) is 5.82 Å². The molecule has 14 heavy (non-hydrogen) atoms. The maximum absolute atomic E-state index is 9.16. The second-order valence-corrected chi connectivity index (χ2v) is 3.86. The fraction of sp³-hybridized carbons (Fsp3) is 0.500. The van der Waals surface area contributed by atoms with Crippen molar-refractivity contribution in [2.45, 2.75) is 19.1 Å². The van der Waals surface area contributed by atoms with Crippen LogP contribution in [0.15, 0.2) is 17.0 Å². The SMILES string of the molecule is CC(O)C(N)CNc1ncncc1Br. The Morgan fingerprint density at radius 2 is 2.43 bits per heavy atom. The number of halogens is 1. The predicted octanol–water partition coefficient (Wildman–Crippen LogP) is 0.359. The van der Waals surface area contributed by atoms with Crippen LogP contribution >= 0.6 is 15.9 Å². The van der Waals surface area contributed by atoms with Gasteiger partial charge in [0, 0.05) is 18.8 Å². The van der Waals surface area contributed by atoms with Gasteiger partial charge in [-0.2, -0.15) is 0 Å². The van der Waals surface area contributed by atoms with Gasteiger partial charge in [0.05, 0.1) is 10.6 Å². The molecule has 0 radical (unpaired) electrons. The smallest absolute Gasteiger partial charge is 0.143 e. The van der Waals surface area contributed by atoms with E-state index in [0.717, 1.165) is 4.47 Å². The van der Waals surface area contributed by atoms with Crippen molar-refractivity contribution in [1.29, 1.82) is 0 Å². The molecule has 0 saturated carbocycles. The molecule has 0 aliphatic heterocycles. The summed E-state index contributed by atoms with van der Waals surface area (Å²) < 4.78 is 0.776. The van der Waals surface area contributed by atoms with Gasteiger partial charge in [-0.05, 0) is 22.9 Å². The molecule has 1 heterocycles. The topological polar surface area (TPSA) is 84.1 Å². The highest BCUT2D eigenvalue weighted by Crippen LogP contribution is 2.16. The van der Waals surface area contributed by atoms with E-state index >= 15 is 0 Å². The fourth-order valence-electron chi connectivity index (χ4n) is 0.828. The van der Waals surface area contributed by atoms with Gasteiger partial charge in [-0.3, -0.25) is 0 Å². The Balaban J connectivity index is 2.50. The number of nitrogens with two attached hydrogens (primary N) is 1. The van der Waals surface area contributed by atoms with Gasteiger partial charge in [0.15, 0.2) is 0 Å². The molecule has 5 nitrogen and oxygen atoms in total. The van der Waals surface area contributed by atoms with E-state index in [0.29, 0.717) is 12.4 Å². The summed E-state index contributed by atoms with van der Waals surface area (Å²) in [6.07, 6.45) is 2.55. The molecule has 0 fully saturated rings. The Hall–Kier alpha value is -0.720. The number of aliphatic hydroxyl groups excluding tert-OH is 1. The summed E-state index contributed by atoms with van der Waals surface area (Å²) >= 11 is 3.29. The Morgan fingerprint density at radius 3 is 3.00 bits per heavy atom. The van der Waals surface area contributed by atoms with E-state index in [4.69, 9.17) is 10.8 Å². The zero-order valence-electron chi connectivity index (χ0n) is 7.81. The van der Waals surface area contributed by atoms with Gasteiger partial charge >= 0.3 is 0 Å². The number of hydrogen-bond acceptors (Lipinski definition) is 5. The quantitative estimate of drug-likeness (QED) is 0.728. The summed E-state index contributed by atoms with van der Waals surface area (Å²) in [7, 11) is 0. The molecule has 0 saturated heterocycles. The minimum atomic E-state index is -0.539. The fourth-order valence-corrected chi connectivity index (χ4v) is 1.19. The monoisotopic (exact) mass is 260 g/mol. The minimum Gasteiger partial charge on any atom is -0.392 e. The van der Waals surface area contributed by atoms with Crippen LogP contribution in [0.3, 0.4) is 0 Å². The lowest BCUT2D eigenvalue weighted by Gasteiger charge is -2.15. The molecule has 0 spiro atoms. The van der Waals surface area contributed by atoms with Crippen molar-refractivity contribution >= 4 is 21.7 Å². The van der Waals surface area contributed by atoms with Gasteiger partial charge in [0.1, 0.15) is 12.1 Å². The van der Waals surface area contributed by atoms with Crippen molar-refractivity contribution in [2.75, 3.05) is 11.9 Å². The molecule has 2 unspecified atom stereocenters. The van der Waals surface area contributed by atoms with Gasteiger partial charge in [-0.15, -0.1) is 0 Å². The van der Waals surface area contributed by atoms with Crippen LogP contribution in [0.5, 0.6) is 0 Å². The lowest BCUT2D eigenvalue weighted by atomic mass is 10.2. The van der Waals surface area contributed by atoms with Crippen LogP contribution < -0.4 is 11.1 Å². The number of aromatic nitrogens is 2. The number of aliphatic hydroxyl groups is 1. The van der Waals surface area contributed by atoms with Gasteiger partial charge < -0.3 is 16.2 Å². The number of hydrogen-bond donors (Lipinski definition) is 3. The van der Waals surface area contributed by atoms with E-state index in [-0.39, 0.29) is 6.04 Å². The standard InChI is InChI=1S/C8H13BrN4O/c1-5(14)7(10)3-12-8-6(9)2-11-4-13-8/h2,4-5,7,14H,3,10H2,1H3,(H,11,12,13). The summed E-state index contributed by atoms with van der Waals surface area (Å²) in [5.74, 6) is 0.677. The summed E-state index contributed by atoms with van der Waals surface area (Å²) in [6.45, 7) is 2.12. The zero-order chi connectivity index (χ0) is 10.6. The molecule has 78 valence electrons. The van der Waals surface area contributed by atoms with Crippen LogP contribution in [0.25, 0.3) is 0 Å². The maximum Gasteiger partial charge on any atom is 0.143 e. The Morgan fingerprint density at radius 1 is 1.71 bits per heavy atom. The first-order valence-electron chi connectivity index (χ1n) is 4.24. The first-order valence-corrected chi connectivity index (χ1v) is 5.03. The Bertz CT molecular complexity index is 294. The zero-order valence-corrected chi connectivity index (χ0v) is 9.40. The molecular weight excluding hydrogens is 248 g/mol. The van der Waals surface area contributed by atoms with E-state index in [1.54, 1.807) is 13.1 Å². The van der Waals surface area contributed by atoms with Crippen LogP contribution in [-0.4, -0.2) is 33.8 Å². The summed E-state index contributed by atoms with van der Waals surface area (Å²) in [6, 6.07) is -0.308. The molecule has 0 aliphatic rings. The molecule has 4 N–H and O–H groups in total. The molecule has 0 aliphatic carbocycles. The van der Waals surface area contributed by atoms with E-state index in [2.05, 4.69) is 31.2 Å². The molecule has 0 bridgehead atoms. The summed E-state index contributed by atoms with van der Waals surface area (Å²) in [5.41, 5.74) is 5.64. The molecule has 6 heteroatoms. The van der Waals surface area contributed by atoms with Crippen LogP contribution in [0.1, 0.15) is 6.92 Å². The Kier molecular flexibility index (Phi) is 4.24. The first kappa shape index (κ1) is 11.4. The highest BCUT2D eigenvalue weighted by atomic mass is 79.9. The highest BCUT2D eigenvalue weighted by Gasteiger charge is 2.09. The minimum absolute atomic E-state index is 0.308. The third-order valence-electron chi connectivity index (χ3n) is 1.79. The molecule has 0 amide bonds. The van der Waals surface area contributed by atoms with Crippen LogP contribution in [0, 0.1) is 0 Å². The van der Waals surface area contributed by atoms with Gasteiger partial charge in [0.2, 0.25) is 0 Å². The molecular formula is C8H13BrN4O. The third-order valence-corrected chi connectivity index (χ3v) is 2.37. The van der Waals surface area contributed by atoms with Crippen molar-refractivity contribution in [2.24, 2.45) is 5.73 Å². The van der Waals surface area contributed by atoms with E-state index in [9.17, 15) is 0 Å². The van der Waals surface area contributed by atoms with E-state index in [1.807, 2.05) is 0 Å². The average Bonchev–Trinajstić information content (AvgIpc) is 2.16. The molecule has 1 rings (SSSR count). The molecule has 1 aromatic rings. The molecule has 1 aromatic heterocycles. The second-order valence-electron chi connectivity index (χ2n) is 3.00. The predicted molar refractivity (Wildman–Crippen MR) is 57.9 cm³/mol. The first-order chi connectivity index (χ1) is 6.61. The lowest BCUT2D eigenvalue weighted by Crippen LogP contribution is -2.38. The lowest BCUT2D eigenvalue weighted by molar-refractivity contribution is 0.168. The molecule has 2 atom stereocenters.